The van der Waals surface area contributed by atoms with Crippen molar-refractivity contribution in [1.29, 1.82) is 0 Å². The summed E-state index contributed by atoms with van der Waals surface area (Å²) >= 11 is 0. The third-order valence-electron chi connectivity index (χ3n) is 2.42. The molecular formula is C9H11NO. The van der Waals surface area contributed by atoms with Gasteiger partial charge in [-0.3, -0.25) is 4.79 Å². The first kappa shape index (κ1) is 6.65. The number of nitrogens with one attached hydrogen (secondary N) is 1. The van der Waals surface area contributed by atoms with Gasteiger partial charge in [0.15, 0.2) is 5.43 Å². The molecular weight excluding hydrogens is 138 g/mol. The van der Waals surface area contributed by atoms with Crippen LogP contribution in [0.25, 0.3) is 0 Å². The van der Waals surface area contributed by atoms with Crippen LogP contribution in [0.5, 0.6) is 0 Å². The van der Waals surface area contributed by atoms with Crippen molar-refractivity contribution >= 4 is 0 Å². The molecule has 1 aliphatic rings. The topological polar surface area (TPSA) is 32.9 Å². The van der Waals surface area contributed by atoms with Crippen molar-refractivity contribution in [2.45, 2.75) is 25.2 Å². The van der Waals surface area contributed by atoms with E-state index in [2.05, 4.69) is 11.9 Å². The summed E-state index contributed by atoms with van der Waals surface area (Å²) in [5, 5.41) is 0. The predicted molar refractivity (Wildman–Crippen MR) is 43.6 cm³/mol. The predicted octanol–water partition coefficient (Wildman–Crippen LogP) is 1.43. The van der Waals surface area contributed by atoms with Crippen molar-refractivity contribution in [1.82, 2.24) is 4.98 Å². The van der Waals surface area contributed by atoms with Crippen LogP contribution in [0.1, 0.15) is 25.5 Å². The van der Waals surface area contributed by atoms with Gasteiger partial charge in [-0.05, 0) is 12.8 Å². The van der Waals surface area contributed by atoms with Crippen molar-refractivity contribution in [3.05, 3.63) is 34.2 Å². The van der Waals surface area contributed by atoms with E-state index in [-0.39, 0.29) is 10.8 Å². The Kier molecular flexibility index (Phi) is 1.19. The Morgan fingerprint density at radius 3 is 2.82 bits per heavy atom. The van der Waals surface area contributed by atoms with E-state index in [1.165, 1.54) is 12.8 Å². The van der Waals surface area contributed by atoms with Crippen LogP contribution < -0.4 is 5.43 Å². The maximum atomic E-state index is 10.9. The molecule has 0 radical (unpaired) electrons. The smallest absolute Gasteiger partial charge is 0.181 e. The summed E-state index contributed by atoms with van der Waals surface area (Å²) in [6, 6.07) is 3.25. The van der Waals surface area contributed by atoms with Crippen molar-refractivity contribution in [2.24, 2.45) is 0 Å². The Hall–Kier alpha value is -1.05. The summed E-state index contributed by atoms with van der Waals surface area (Å²) in [5.41, 5.74) is 1.47. The highest BCUT2D eigenvalue weighted by atomic mass is 16.1. The molecule has 2 rings (SSSR count). The van der Waals surface area contributed by atoms with E-state index in [0.29, 0.717) is 0 Å². The van der Waals surface area contributed by atoms with Gasteiger partial charge in [-0.15, -0.1) is 0 Å². The molecule has 0 spiro atoms. The van der Waals surface area contributed by atoms with Gasteiger partial charge in [0.05, 0.1) is 0 Å². The van der Waals surface area contributed by atoms with Gasteiger partial charge in [0.25, 0.3) is 0 Å². The Morgan fingerprint density at radius 2 is 2.27 bits per heavy atom. The number of aromatic nitrogens is 1. The summed E-state index contributed by atoms with van der Waals surface area (Å²) in [4.78, 5) is 14.1. The second-order valence-electron chi connectivity index (χ2n) is 3.50. The van der Waals surface area contributed by atoms with E-state index < -0.39 is 0 Å². The van der Waals surface area contributed by atoms with E-state index in [1.54, 1.807) is 18.3 Å². The number of aromatic amines is 1. The van der Waals surface area contributed by atoms with E-state index in [4.69, 9.17) is 0 Å². The quantitative estimate of drug-likeness (QED) is 0.643. The minimum atomic E-state index is 0.104. The van der Waals surface area contributed by atoms with Gasteiger partial charge in [0.2, 0.25) is 0 Å². The Balaban J connectivity index is 2.46. The van der Waals surface area contributed by atoms with E-state index in [1.807, 2.05) is 0 Å². The molecule has 0 bridgehead atoms. The minimum absolute atomic E-state index is 0.104. The van der Waals surface area contributed by atoms with Crippen LogP contribution in [0.4, 0.5) is 0 Å². The van der Waals surface area contributed by atoms with Crippen LogP contribution in [0.2, 0.25) is 0 Å². The van der Waals surface area contributed by atoms with Crippen LogP contribution in [-0.4, -0.2) is 4.98 Å². The highest BCUT2D eigenvalue weighted by Gasteiger charge is 2.39. The third-order valence-corrected chi connectivity index (χ3v) is 2.42. The van der Waals surface area contributed by atoms with Gasteiger partial charge in [-0.1, -0.05) is 6.92 Å². The molecule has 1 fully saturated rings. The average molecular weight is 149 g/mol. The zero-order chi connectivity index (χ0) is 7.90. The minimum Gasteiger partial charge on any atom is -0.364 e. The van der Waals surface area contributed by atoms with Crippen LogP contribution in [0, 0.1) is 0 Å². The lowest BCUT2D eigenvalue weighted by Gasteiger charge is -2.06. The molecule has 0 amide bonds. The lowest BCUT2D eigenvalue weighted by atomic mass is 10.1. The second-order valence-corrected chi connectivity index (χ2v) is 3.50. The molecule has 2 nitrogen and oxygen atoms in total. The lowest BCUT2D eigenvalue weighted by Crippen LogP contribution is -2.08. The molecule has 1 N–H and O–H groups in total. The van der Waals surface area contributed by atoms with Gasteiger partial charge in [-0.2, -0.15) is 0 Å². The first-order valence-electron chi connectivity index (χ1n) is 3.90. The van der Waals surface area contributed by atoms with Crippen molar-refractivity contribution in [3.63, 3.8) is 0 Å². The molecule has 0 saturated heterocycles. The summed E-state index contributed by atoms with van der Waals surface area (Å²) < 4.78 is 0. The van der Waals surface area contributed by atoms with Crippen LogP contribution >= 0.6 is 0 Å². The summed E-state index contributed by atoms with van der Waals surface area (Å²) in [7, 11) is 0. The molecule has 1 aliphatic carbocycles. The first-order valence-corrected chi connectivity index (χ1v) is 3.90. The van der Waals surface area contributed by atoms with Crippen LogP contribution in [0.3, 0.4) is 0 Å². The molecule has 0 atom stereocenters. The summed E-state index contributed by atoms with van der Waals surface area (Å²) in [6.45, 7) is 2.18. The normalized spacial score (nSPS) is 19.7. The standard InChI is InChI=1S/C9H11NO/c1-9(3-4-9)8-6-7(11)2-5-10-8/h2,5-6H,3-4H2,1H3,(H,10,11). The maximum Gasteiger partial charge on any atom is 0.181 e. The van der Waals surface area contributed by atoms with E-state index in [9.17, 15) is 4.79 Å². The molecule has 58 valence electrons. The Morgan fingerprint density at radius 1 is 1.55 bits per heavy atom. The molecule has 0 unspecified atom stereocenters. The van der Waals surface area contributed by atoms with Crippen molar-refractivity contribution in [2.75, 3.05) is 0 Å². The summed E-state index contributed by atoms with van der Waals surface area (Å²) in [6.07, 6.45) is 4.13. The van der Waals surface area contributed by atoms with Crippen molar-refractivity contribution < 1.29 is 0 Å². The molecule has 11 heavy (non-hydrogen) atoms. The summed E-state index contributed by atoms with van der Waals surface area (Å²) in [5.74, 6) is 0. The third kappa shape index (κ3) is 1.09. The van der Waals surface area contributed by atoms with Gasteiger partial charge in [-0.25, -0.2) is 0 Å². The molecule has 2 heteroatoms. The number of hydrogen-bond acceptors (Lipinski definition) is 1. The van der Waals surface area contributed by atoms with Gasteiger partial charge in [0.1, 0.15) is 0 Å². The van der Waals surface area contributed by atoms with Crippen molar-refractivity contribution in [3.8, 4) is 0 Å². The SMILES string of the molecule is CC1(c2cc(=O)cc[nH]2)CC1. The zero-order valence-corrected chi connectivity index (χ0v) is 6.55. The molecule has 1 aromatic rings. The van der Waals surface area contributed by atoms with Crippen LogP contribution in [-0.2, 0) is 5.41 Å². The highest BCUT2D eigenvalue weighted by Crippen LogP contribution is 2.45. The number of H-pyrrole nitrogens is 1. The monoisotopic (exact) mass is 149 g/mol. The molecule has 1 heterocycles. The fourth-order valence-electron chi connectivity index (χ4n) is 1.25. The number of pyridine rings is 1. The molecule has 0 aliphatic heterocycles. The highest BCUT2D eigenvalue weighted by molar-refractivity contribution is 5.22. The van der Waals surface area contributed by atoms with E-state index in [0.717, 1.165) is 5.69 Å². The fourth-order valence-corrected chi connectivity index (χ4v) is 1.25. The maximum absolute atomic E-state index is 10.9. The number of hydrogen-bond donors (Lipinski definition) is 1. The molecule has 1 aromatic heterocycles. The zero-order valence-electron chi connectivity index (χ0n) is 6.55. The lowest BCUT2D eigenvalue weighted by molar-refractivity contribution is 0.748. The molecule has 0 aromatic carbocycles. The van der Waals surface area contributed by atoms with Crippen LogP contribution in [0.15, 0.2) is 23.1 Å². The van der Waals surface area contributed by atoms with E-state index >= 15 is 0 Å². The number of rotatable bonds is 1. The van der Waals surface area contributed by atoms with Gasteiger partial charge in [0, 0.05) is 29.4 Å². The first-order chi connectivity index (χ1) is 5.21. The Labute approximate surface area is 65.3 Å². The molecule has 1 saturated carbocycles. The largest absolute Gasteiger partial charge is 0.364 e. The van der Waals surface area contributed by atoms with Gasteiger partial charge < -0.3 is 4.98 Å². The fraction of sp³-hybridized carbons (Fsp3) is 0.444. The van der Waals surface area contributed by atoms with Gasteiger partial charge >= 0.3 is 0 Å². The second kappa shape index (κ2) is 1.97. The Bertz CT molecular complexity index is 322. The average Bonchev–Trinajstić information content (AvgIpc) is 2.70.